The highest BCUT2D eigenvalue weighted by Gasteiger charge is 2.24. The first-order valence-electron chi connectivity index (χ1n) is 8.25. The number of rotatable bonds is 8. The predicted molar refractivity (Wildman–Crippen MR) is 99.1 cm³/mol. The molecule has 0 heterocycles. The third kappa shape index (κ3) is 5.50. The molecule has 0 aliphatic rings. The van der Waals surface area contributed by atoms with Crippen molar-refractivity contribution in [3.05, 3.63) is 68.3 Å². The molecule has 0 saturated carbocycles. The van der Waals surface area contributed by atoms with Gasteiger partial charge in [0.1, 0.15) is 11.3 Å². The summed E-state index contributed by atoms with van der Waals surface area (Å²) in [5.74, 6) is 0.445. The fourth-order valence-corrected chi connectivity index (χ4v) is 2.22. The van der Waals surface area contributed by atoms with Gasteiger partial charge >= 0.3 is 0 Å². The van der Waals surface area contributed by atoms with Crippen LogP contribution in [0.25, 0.3) is 0 Å². The predicted octanol–water partition coefficient (Wildman–Crippen LogP) is 4.18. The zero-order valence-electron chi connectivity index (χ0n) is 14.9. The number of carbonyl (C=O) groups is 1. The summed E-state index contributed by atoms with van der Waals surface area (Å²) in [6, 6.07) is 9.46. The van der Waals surface area contributed by atoms with Gasteiger partial charge < -0.3 is 10.1 Å². The minimum atomic E-state index is -0.826. The first kappa shape index (κ1) is 19.8. The Balaban J connectivity index is 2.10. The number of nitrogens with zero attached hydrogens (tertiary/aromatic N) is 2. The molecule has 9 heteroatoms. The minimum absolute atomic E-state index is 0.261. The maximum atomic E-state index is 12.3. The SMILES string of the molecule is CC(C)CCOc1ccc(NC(=O)c2ccc([N+](=O)[O-])cc2[N+](=O)[O-])cc1. The van der Waals surface area contributed by atoms with Crippen molar-refractivity contribution in [2.24, 2.45) is 5.92 Å². The number of ether oxygens (including phenoxy) is 1. The topological polar surface area (TPSA) is 125 Å². The summed E-state index contributed by atoms with van der Waals surface area (Å²) in [5, 5.41) is 24.4. The molecular formula is C18H19N3O6. The lowest BCUT2D eigenvalue weighted by Crippen LogP contribution is -2.14. The van der Waals surface area contributed by atoms with E-state index < -0.39 is 27.1 Å². The fraction of sp³-hybridized carbons (Fsp3) is 0.278. The summed E-state index contributed by atoms with van der Waals surface area (Å²) in [5.41, 5.74) is -0.928. The number of hydrogen-bond acceptors (Lipinski definition) is 6. The van der Waals surface area contributed by atoms with Crippen LogP contribution in [0.15, 0.2) is 42.5 Å². The van der Waals surface area contributed by atoms with E-state index in [1.807, 2.05) is 0 Å². The number of carbonyl (C=O) groups excluding carboxylic acids is 1. The van der Waals surface area contributed by atoms with Crippen molar-refractivity contribution in [1.82, 2.24) is 0 Å². The lowest BCUT2D eigenvalue weighted by molar-refractivity contribution is -0.394. The number of nitrogens with one attached hydrogen (secondary N) is 1. The van der Waals surface area contributed by atoms with E-state index >= 15 is 0 Å². The number of anilines is 1. The van der Waals surface area contributed by atoms with E-state index in [4.69, 9.17) is 4.74 Å². The molecule has 142 valence electrons. The molecule has 0 aliphatic carbocycles. The fourth-order valence-electron chi connectivity index (χ4n) is 2.22. The Labute approximate surface area is 155 Å². The average molecular weight is 373 g/mol. The lowest BCUT2D eigenvalue weighted by atomic mass is 10.1. The Bertz CT molecular complexity index is 849. The van der Waals surface area contributed by atoms with E-state index in [1.54, 1.807) is 24.3 Å². The van der Waals surface area contributed by atoms with E-state index in [9.17, 15) is 25.0 Å². The van der Waals surface area contributed by atoms with Crippen molar-refractivity contribution in [2.75, 3.05) is 11.9 Å². The maximum Gasteiger partial charge on any atom is 0.289 e. The Morgan fingerprint density at radius 3 is 2.30 bits per heavy atom. The van der Waals surface area contributed by atoms with Crippen LogP contribution < -0.4 is 10.1 Å². The molecule has 27 heavy (non-hydrogen) atoms. The molecule has 0 radical (unpaired) electrons. The molecule has 2 rings (SSSR count). The number of benzene rings is 2. The number of hydrogen-bond donors (Lipinski definition) is 1. The van der Waals surface area contributed by atoms with Gasteiger partial charge in [-0.15, -0.1) is 0 Å². The highest BCUT2D eigenvalue weighted by atomic mass is 16.6. The normalized spacial score (nSPS) is 10.5. The van der Waals surface area contributed by atoms with Crippen LogP contribution in [0.4, 0.5) is 17.1 Å². The summed E-state index contributed by atoms with van der Waals surface area (Å²) < 4.78 is 5.58. The van der Waals surface area contributed by atoms with Gasteiger partial charge in [-0.2, -0.15) is 0 Å². The summed E-state index contributed by atoms with van der Waals surface area (Å²) in [7, 11) is 0. The monoisotopic (exact) mass is 373 g/mol. The Kier molecular flexibility index (Phi) is 6.42. The quantitative estimate of drug-likeness (QED) is 0.546. The second-order valence-corrected chi connectivity index (χ2v) is 6.23. The zero-order chi connectivity index (χ0) is 20.0. The van der Waals surface area contributed by atoms with Gasteiger partial charge in [-0.05, 0) is 42.7 Å². The van der Waals surface area contributed by atoms with E-state index in [1.165, 1.54) is 0 Å². The van der Waals surface area contributed by atoms with Crippen molar-refractivity contribution in [3.63, 3.8) is 0 Å². The maximum absolute atomic E-state index is 12.3. The molecule has 0 aromatic heterocycles. The first-order chi connectivity index (χ1) is 12.8. The Morgan fingerprint density at radius 2 is 1.74 bits per heavy atom. The van der Waals surface area contributed by atoms with Crippen molar-refractivity contribution in [1.29, 1.82) is 0 Å². The molecule has 1 amide bonds. The molecule has 0 bridgehead atoms. The van der Waals surface area contributed by atoms with Crippen molar-refractivity contribution >= 4 is 23.0 Å². The lowest BCUT2D eigenvalue weighted by Gasteiger charge is -2.09. The molecule has 0 atom stereocenters. The van der Waals surface area contributed by atoms with Gasteiger partial charge in [-0.3, -0.25) is 25.0 Å². The molecule has 0 fully saturated rings. The smallest absolute Gasteiger partial charge is 0.289 e. The summed E-state index contributed by atoms with van der Waals surface area (Å²) >= 11 is 0. The Hall–Kier alpha value is -3.49. The van der Waals surface area contributed by atoms with Crippen LogP contribution in [0.5, 0.6) is 5.75 Å². The van der Waals surface area contributed by atoms with Gasteiger partial charge in [0.15, 0.2) is 0 Å². The van der Waals surface area contributed by atoms with Crippen molar-refractivity contribution in [2.45, 2.75) is 20.3 Å². The summed E-state index contributed by atoms with van der Waals surface area (Å²) in [4.78, 5) is 32.6. The van der Waals surface area contributed by atoms with Crippen LogP contribution in [-0.2, 0) is 0 Å². The molecule has 0 saturated heterocycles. The van der Waals surface area contributed by atoms with E-state index in [0.29, 0.717) is 24.0 Å². The van der Waals surface area contributed by atoms with Crippen LogP contribution >= 0.6 is 0 Å². The molecule has 2 aromatic carbocycles. The van der Waals surface area contributed by atoms with E-state index in [0.717, 1.165) is 24.6 Å². The molecule has 0 spiro atoms. The minimum Gasteiger partial charge on any atom is -0.494 e. The van der Waals surface area contributed by atoms with Crippen molar-refractivity contribution in [3.8, 4) is 5.75 Å². The summed E-state index contributed by atoms with van der Waals surface area (Å²) in [6.07, 6.45) is 0.919. The van der Waals surface area contributed by atoms with Crippen LogP contribution in [0.2, 0.25) is 0 Å². The molecule has 2 aromatic rings. The largest absolute Gasteiger partial charge is 0.494 e. The molecule has 1 N–H and O–H groups in total. The molecule has 0 aliphatic heterocycles. The number of amides is 1. The van der Waals surface area contributed by atoms with Gasteiger partial charge in [0, 0.05) is 11.8 Å². The van der Waals surface area contributed by atoms with E-state index in [-0.39, 0.29) is 5.56 Å². The highest BCUT2D eigenvalue weighted by molar-refractivity contribution is 6.07. The van der Waals surface area contributed by atoms with Gasteiger partial charge in [0.2, 0.25) is 0 Å². The summed E-state index contributed by atoms with van der Waals surface area (Å²) in [6.45, 7) is 4.77. The van der Waals surface area contributed by atoms with Gasteiger partial charge in [0.25, 0.3) is 17.3 Å². The van der Waals surface area contributed by atoms with Gasteiger partial charge in [-0.25, -0.2) is 0 Å². The number of non-ortho nitro benzene ring substituents is 1. The average Bonchev–Trinajstić information content (AvgIpc) is 2.62. The number of nitro groups is 2. The van der Waals surface area contributed by atoms with Gasteiger partial charge in [-0.1, -0.05) is 13.8 Å². The molecular weight excluding hydrogens is 354 g/mol. The van der Waals surface area contributed by atoms with E-state index in [2.05, 4.69) is 19.2 Å². The second-order valence-electron chi connectivity index (χ2n) is 6.23. The second kappa shape index (κ2) is 8.75. The standard InChI is InChI=1S/C18H19N3O6/c1-12(2)9-10-27-15-6-3-13(4-7-15)19-18(22)16-8-5-14(20(23)24)11-17(16)21(25)26/h3-8,11-12H,9-10H2,1-2H3,(H,19,22). The molecule has 9 nitrogen and oxygen atoms in total. The first-order valence-corrected chi connectivity index (χ1v) is 8.25. The van der Waals surface area contributed by atoms with Crippen LogP contribution in [0, 0.1) is 26.1 Å². The van der Waals surface area contributed by atoms with Crippen molar-refractivity contribution < 1.29 is 19.4 Å². The third-order valence-corrected chi connectivity index (χ3v) is 3.71. The Morgan fingerprint density at radius 1 is 1.07 bits per heavy atom. The van der Waals surface area contributed by atoms with Crippen LogP contribution in [-0.4, -0.2) is 22.4 Å². The highest BCUT2D eigenvalue weighted by Crippen LogP contribution is 2.26. The number of nitro benzene ring substituents is 2. The third-order valence-electron chi connectivity index (χ3n) is 3.71. The molecule has 0 unspecified atom stereocenters. The zero-order valence-corrected chi connectivity index (χ0v) is 14.9. The van der Waals surface area contributed by atoms with Crippen LogP contribution in [0.1, 0.15) is 30.6 Å². The van der Waals surface area contributed by atoms with Crippen LogP contribution in [0.3, 0.4) is 0 Å². The van der Waals surface area contributed by atoms with Gasteiger partial charge in [0.05, 0.1) is 22.5 Å².